The van der Waals surface area contributed by atoms with Gasteiger partial charge in [0.15, 0.2) is 0 Å². The highest BCUT2D eigenvalue weighted by atomic mass is 32.2. The van der Waals surface area contributed by atoms with Crippen LogP contribution in [0.5, 0.6) is 0 Å². The summed E-state index contributed by atoms with van der Waals surface area (Å²) < 4.78 is 31.4. The number of morpholine rings is 1. The van der Waals surface area contributed by atoms with E-state index in [2.05, 4.69) is 0 Å². The predicted molar refractivity (Wildman–Crippen MR) is 73.1 cm³/mol. The molecule has 116 valence electrons. The minimum Gasteiger partial charge on any atom is -0.397 e. The molecule has 1 atom stereocenters. The molecule has 0 radical (unpaired) electrons. The Morgan fingerprint density at radius 3 is 2.81 bits per heavy atom. The van der Waals surface area contributed by atoms with Crippen molar-refractivity contribution in [3.8, 4) is 0 Å². The summed E-state index contributed by atoms with van der Waals surface area (Å²) in [5, 5.41) is 19.9. The number of hydrogen-bond acceptors (Lipinski definition) is 7. The van der Waals surface area contributed by atoms with Crippen molar-refractivity contribution in [2.24, 2.45) is 0 Å². The number of nitro groups is 1. The lowest BCUT2D eigenvalue weighted by Gasteiger charge is -2.33. The van der Waals surface area contributed by atoms with Crippen molar-refractivity contribution in [3.63, 3.8) is 0 Å². The molecule has 0 bridgehead atoms. The number of ether oxygens (including phenoxy) is 1. The van der Waals surface area contributed by atoms with Gasteiger partial charge in [0.25, 0.3) is 5.69 Å². The van der Waals surface area contributed by atoms with Crippen LogP contribution in [-0.4, -0.2) is 55.2 Å². The van der Waals surface area contributed by atoms with Crippen LogP contribution in [0.4, 0.5) is 11.4 Å². The van der Waals surface area contributed by atoms with Gasteiger partial charge in [-0.05, 0) is 6.07 Å². The van der Waals surface area contributed by atoms with Crippen LogP contribution in [0.2, 0.25) is 0 Å². The molecule has 0 aliphatic carbocycles. The van der Waals surface area contributed by atoms with Crippen molar-refractivity contribution in [1.29, 1.82) is 0 Å². The number of aliphatic hydroxyl groups excluding tert-OH is 1. The molecule has 10 heteroatoms. The summed E-state index contributed by atoms with van der Waals surface area (Å²) in [6, 6.07) is 2.49. The number of non-ortho nitro benzene ring substituents is 1. The molecule has 1 saturated heterocycles. The Bertz CT molecular complexity index is 647. The van der Waals surface area contributed by atoms with E-state index in [1.807, 2.05) is 0 Å². The van der Waals surface area contributed by atoms with Crippen LogP contribution in [0.3, 0.4) is 0 Å². The van der Waals surface area contributed by atoms with Crippen LogP contribution < -0.4 is 5.73 Å². The van der Waals surface area contributed by atoms with E-state index < -0.39 is 21.0 Å². The van der Waals surface area contributed by atoms with Gasteiger partial charge in [0.2, 0.25) is 10.0 Å². The first-order valence-electron chi connectivity index (χ1n) is 6.12. The number of anilines is 1. The first kappa shape index (κ1) is 15.6. The molecule has 1 aromatic carbocycles. The number of benzene rings is 1. The Labute approximate surface area is 121 Å². The number of hydrogen-bond donors (Lipinski definition) is 2. The molecule has 0 saturated carbocycles. The number of nitrogens with zero attached hydrogens (tertiary/aromatic N) is 2. The molecule has 1 aromatic rings. The van der Waals surface area contributed by atoms with Crippen LogP contribution >= 0.6 is 0 Å². The molecule has 1 aliphatic rings. The molecular formula is C11H15N3O6S. The van der Waals surface area contributed by atoms with Crippen molar-refractivity contribution in [2.75, 3.05) is 32.1 Å². The Balaban J connectivity index is 2.41. The van der Waals surface area contributed by atoms with Crippen LogP contribution in [0.15, 0.2) is 23.1 Å². The number of aliphatic hydroxyl groups is 1. The zero-order valence-corrected chi connectivity index (χ0v) is 11.8. The molecule has 1 heterocycles. The average molecular weight is 317 g/mol. The van der Waals surface area contributed by atoms with E-state index in [0.29, 0.717) is 0 Å². The zero-order valence-electron chi connectivity index (χ0n) is 11.0. The van der Waals surface area contributed by atoms with E-state index in [1.165, 1.54) is 0 Å². The lowest BCUT2D eigenvalue weighted by Crippen LogP contribution is -2.50. The summed E-state index contributed by atoms with van der Waals surface area (Å²) in [7, 11) is -3.95. The third-order valence-corrected chi connectivity index (χ3v) is 5.20. The first-order chi connectivity index (χ1) is 9.87. The molecular weight excluding hydrogens is 302 g/mol. The Morgan fingerprint density at radius 2 is 2.24 bits per heavy atom. The SMILES string of the molecule is Nc1cc([N+](=O)[O-])ccc1S(=O)(=O)N1CCOCC1CO. The molecule has 1 fully saturated rings. The van der Waals surface area contributed by atoms with E-state index in [4.69, 9.17) is 10.5 Å². The highest BCUT2D eigenvalue weighted by molar-refractivity contribution is 7.89. The van der Waals surface area contributed by atoms with E-state index in [0.717, 1.165) is 22.5 Å². The van der Waals surface area contributed by atoms with E-state index in [9.17, 15) is 23.6 Å². The van der Waals surface area contributed by atoms with Crippen LogP contribution in [0.25, 0.3) is 0 Å². The van der Waals surface area contributed by atoms with E-state index in [-0.39, 0.29) is 42.6 Å². The second-order valence-electron chi connectivity index (χ2n) is 4.51. The van der Waals surface area contributed by atoms with Gasteiger partial charge in [-0.25, -0.2) is 8.42 Å². The third kappa shape index (κ3) is 2.97. The van der Waals surface area contributed by atoms with Gasteiger partial charge < -0.3 is 15.6 Å². The Kier molecular flexibility index (Phi) is 4.42. The summed E-state index contributed by atoms with van der Waals surface area (Å²) in [5.41, 5.74) is 5.15. The highest BCUT2D eigenvalue weighted by Gasteiger charge is 2.35. The normalized spacial score (nSPS) is 20.3. The van der Waals surface area contributed by atoms with Gasteiger partial charge in [0.05, 0.1) is 36.5 Å². The van der Waals surface area contributed by atoms with Gasteiger partial charge in [0, 0.05) is 18.7 Å². The number of rotatable bonds is 4. The molecule has 1 unspecified atom stereocenters. The van der Waals surface area contributed by atoms with Crippen LogP contribution in [0.1, 0.15) is 0 Å². The summed E-state index contributed by atoms with van der Waals surface area (Å²) in [5.74, 6) is 0. The number of nitrogen functional groups attached to an aromatic ring is 1. The third-order valence-electron chi connectivity index (χ3n) is 3.18. The highest BCUT2D eigenvalue weighted by Crippen LogP contribution is 2.28. The maximum atomic E-state index is 12.6. The van der Waals surface area contributed by atoms with Crippen molar-refractivity contribution in [3.05, 3.63) is 28.3 Å². The predicted octanol–water partition coefficient (Wildman–Crippen LogP) is -0.441. The van der Waals surface area contributed by atoms with Gasteiger partial charge in [-0.1, -0.05) is 0 Å². The molecule has 1 aliphatic heterocycles. The van der Waals surface area contributed by atoms with Crippen molar-refractivity contribution < 1.29 is 23.2 Å². The van der Waals surface area contributed by atoms with Gasteiger partial charge in [0.1, 0.15) is 4.90 Å². The van der Waals surface area contributed by atoms with Crippen molar-refractivity contribution in [1.82, 2.24) is 4.31 Å². The van der Waals surface area contributed by atoms with Crippen molar-refractivity contribution >= 4 is 21.4 Å². The minimum atomic E-state index is -3.95. The van der Waals surface area contributed by atoms with Gasteiger partial charge in [-0.15, -0.1) is 0 Å². The quantitative estimate of drug-likeness (QED) is 0.436. The fourth-order valence-corrected chi connectivity index (χ4v) is 3.79. The number of sulfonamides is 1. The van der Waals surface area contributed by atoms with E-state index >= 15 is 0 Å². The largest absolute Gasteiger partial charge is 0.397 e. The topological polar surface area (TPSA) is 136 Å². The smallest absolute Gasteiger partial charge is 0.271 e. The van der Waals surface area contributed by atoms with Gasteiger partial charge >= 0.3 is 0 Å². The fourth-order valence-electron chi connectivity index (χ4n) is 2.11. The minimum absolute atomic E-state index is 0.0859. The fraction of sp³-hybridized carbons (Fsp3) is 0.455. The van der Waals surface area contributed by atoms with Crippen molar-refractivity contribution in [2.45, 2.75) is 10.9 Å². The lowest BCUT2D eigenvalue weighted by molar-refractivity contribution is -0.384. The molecule has 2 rings (SSSR count). The second-order valence-corrected chi connectivity index (χ2v) is 6.37. The van der Waals surface area contributed by atoms with Crippen LogP contribution in [-0.2, 0) is 14.8 Å². The summed E-state index contributed by atoms with van der Waals surface area (Å²) in [6.07, 6.45) is 0. The zero-order chi connectivity index (χ0) is 15.6. The average Bonchev–Trinajstić information content (AvgIpc) is 2.46. The molecule has 21 heavy (non-hydrogen) atoms. The molecule has 0 spiro atoms. The molecule has 3 N–H and O–H groups in total. The molecule has 0 amide bonds. The maximum Gasteiger partial charge on any atom is 0.271 e. The van der Waals surface area contributed by atoms with Gasteiger partial charge in [-0.2, -0.15) is 4.31 Å². The molecule has 9 nitrogen and oxygen atoms in total. The summed E-state index contributed by atoms with van der Waals surface area (Å²) >= 11 is 0. The Hall–Kier alpha value is -1.75. The summed E-state index contributed by atoms with van der Waals surface area (Å²) in [6.45, 7) is 0.00133. The lowest BCUT2D eigenvalue weighted by atomic mass is 10.3. The monoisotopic (exact) mass is 317 g/mol. The van der Waals surface area contributed by atoms with Crippen LogP contribution in [0, 0.1) is 10.1 Å². The molecule has 0 aromatic heterocycles. The summed E-state index contributed by atoms with van der Waals surface area (Å²) in [4.78, 5) is 9.79. The van der Waals surface area contributed by atoms with E-state index in [1.54, 1.807) is 0 Å². The number of nitrogens with two attached hydrogens (primary N) is 1. The second kappa shape index (κ2) is 5.93. The standard InChI is InChI=1S/C11H15N3O6S/c12-10-5-8(14(16)17)1-2-11(10)21(18,19)13-3-4-20-7-9(13)6-15/h1-2,5,9,15H,3-4,6-7,12H2. The number of nitro benzene ring substituents is 1. The Morgan fingerprint density at radius 1 is 1.52 bits per heavy atom. The first-order valence-corrected chi connectivity index (χ1v) is 7.56. The maximum absolute atomic E-state index is 12.6. The van der Waals surface area contributed by atoms with Gasteiger partial charge in [-0.3, -0.25) is 10.1 Å².